The van der Waals surface area contributed by atoms with Crippen molar-refractivity contribution in [3.63, 3.8) is 0 Å². The average Bonchev–Trinajstić information content (AvgIpc) is 2.71. The third-order valence-electron chi connectivity index (χ3n) is 5.08. The lowest BCUT2D eigenvalue weighted by Crippen LogP contribution is -2.34. The molecule has 166 valence electrons. The second kappa shape index (κ2) is 13.2. The summed E-state index contributed by atoms with van der Waals surface area (Å²) in [4.78, 5) is 0. The molecule has 0 spiro atoms. The number of aliphatic hydroxyl groups is 1. The minimum absolute atomic E-state index is 0.333. The Morgan fingerprint density at radius 2 is 1.90 bits per heavy atom. The Balaban J connectivity index is 1.56. The highest BCUT2D eigenvalue weighted by Crippen LogP contribution is 2.32. The van der Waals surface area contributed by atoms with Crippen LogP contribution in [0.15, 0.2) is 30.3 Å². The van der Waals surface area contributed by atoms with E-state index < -0.39 is 31.1 Å². The Morgan fingerprint density at radius 3 is 2.59 bits per heavy atom. The van der Waals surface area contributed by atoms with Crippen LogP contribution < -0.4 is 0 Å². The molecule has 0 amide bonds. The quantitative estimate of drug-likeness (QED) is 0.445. The van der Waals surface area contributed by atoms with Crippen LogP contribution in [0, 0.1) is 5.92 Å². The van der Waals surface area contributed by atoms with Crippen LogP contribution in [0.5, 0.6) is 0 Å². The zero-order valence-corrected chi connectivity index (χ0v) is 16.9. The molecule has 1 aromatic rings. The molecule has 29 heavy (non-hydrogen) atoms. The number of hydrogen-bond donors (Lipinski definition) is 1. The number of aliphatic hydroxyl groups excluding tert-OH is 1. The molecule has 3 atom stereocenters. The SMILES string of the molecule is OC(CCCCCOCc1ccccc1)C[C@H](COC1CCCCO1)C(F)(F)F. The summed E-state index contributed by atoms with van der Waals surface area (Å²) in [5.41, 5.74) is 1.11. The van der Waals surface area contributed by atoms with Gasteiger partial charge in [-0.25, -0.2) is 0 Å². The average molecular weight is 418 g/mol. The molecule has 0 radical (unpaired) electrons. The molecule has 0 aromatic heterocycles. The first-order chi connectivity index (χ1) is 13.9. The maximum Gasteiger partial charge on any atom is 0.394 e. The first-order valence-electron chi connectivity index (χ1n) is 10.5. The molecule has 1 aromatic carbocycles. The topological polar surface area (TPSA) is 47.9 Å². The van der Waals surface area contributed by atoms with Gasteiger partial charge >= 0.3 is 6.18 Å². The van der Waals surface area contributed by atoms with Crippen LogP contribution in [0.2, 0.25) is 0 Å². The second-order valence-electron chi connectivity index (χ2n) is 7.65. The molecule has 1 saturated heterocycles. The minimum atomic E-state index is -4.39. The van der Waals surface area contributed by atoms with Crippen LogP contribution in [0.25, 0.3) is 0 Å². The summed E-state index contributed by atoms with van der Waals surface area (Å²) in [6.07, 6.45) is -1.15. The van der Waals surface area contributed by atoms with Crippen molar-refractivity contribution in [1.29, 1.82) is 0 Å². The number of unbranched alkanes of at least 4 members (excludes halogenated alkanes) is 2. The lowest BCUT2D eigenvalue weighted by Gasteiger charge is -2.27. The van der Waals surface area contributed by atoms with Crippen molar-refractivity contribution in [2.75, 3.05) is 19.8 Å². The molecule has 1 aliphatic heterocycles. The number of benzene rings is 1. The van der Waals surface area contributed by atoms with Crippen molar-refractivity contribution in [2.24, 2.45) is 5.92 Å². The zero-order chi connectivity index (χ0) is 21.0. The third kappa shape index (κ3) is 10.4. The molecule has 1 N–H and O–H groups in total. The van der Waals surface area contributed by atoms with E-state index in [1.807, 2.05) is 30.3 Å². The van der Waals surface area contributed by atoms with Crippen molar-refractivity contribution in [1.82, 2.24) is 0 Å². The summed E-state index contributed by atoms with van der Waals surface area (Å²) in [7, 11) is 0. The highest BCUT2D eigenvalue weighted by molar-refractivity contribution is 5.13. The largest absolute Gasteiger partial charge is 0.394 e. The summed E-state index contributed by atoms with van der Waals surface area (Å²) >= 11 is 0. The van der Waals surface area contributed by atoms with E-state index in [0.29, 0.717) is 39.1 Å². The van der Waals surface area contributed by atoms with Crippen LogP contribution in [0.1, 0.15) is 56.9 Å². The van der Waals surface area contributed by atoms with Gasteiger partial charge in [0.1, 0.15) is 0 Å². The monoisotopic (exact) mass is 418 g/mol. The van der Waals surface area contributed by atoms with Crippen LogP contribution in [-0.4, -0.2) is 43.5 Å². The first-order valence-corrected chi connectivity index (χ1v) is 10.5. The van der Waals surface area contributed by atoms with Crippen molar-refractivity contribution >= 4 is 0 Å². The van der Waals surface area contributed by atoms with Crippen LogP contribution in [0.3, 0.4) is 0 Å². The molecule has 0 aliphatic carbocycles. The molecule has 2 unspecified atom stereocenters. The van der Waals surface area contributed by atoms with Gasteiger partial charge in [-0.2, -0.15) is 13.2 Å². The second-order valence-corrected chi connectivity index (χ2v) is 7.65. The van der Waals surface area contributed by atoms with Gasteiger partial charge in [-0.3, -0.25) is 0 Å². The van der Waals surface area contributed by atoms with E-state index in [0.717, 1.165) is 31.2 Å². The van der Waals surface area contributed by atoms with E-state index in [-0.39, 0.29) is 6.42 Å². The smallest absolute Gasteiger partial charge is 0.393 e. The lowest BCUT2D eigenvalue weighted by atomic mass is 9.98. The van der Waals surface area contributed by atoms with Gasteiger partial charge in [-0.1, -0.05) is 43.2 Å². The molecule has 0 bridgehead atoms. The Labute approximate surface area is 171 Å². The van der Waals surface area contributed by atoms with Crippen LogP contribution >= 0.6 is 0 Å². The molecule has 2 rings (SSSR count). The Morgan fingerprint density at radius 1 is 1.10 bits per heavy atom. The number of halogens is 3. The van der Waals surface area contributed by atoms with Crippen LogP contribution in [-0.2, 0) is 20.8 Å². The summed E-state index contributed by atoms with van der Waals surface area (Å²) in [6, 6.07) is 9.87. The van der Waals surface area contributed by atoms with Gasteiger partial charge in [0.25, 0.3) is 0 Å². The van der Waals surface area contributed by atoms with E-state index >= 15 is 0 Å². The summed E-state index contributed by atoms with van der Waals surface area (Å²) < 4.78 is 56.0. The van der Waals surface area contributed by atoms with E-state index in [9.17, 15) is 18.3 Å². The van der Waals surface area contributed by atoms with E-state index in [4.69, 9.17) is 14.2 Å². The van der Waals surface area contributed by atoms with Gasteiger partial charge in [0.15, 0.2) is 6.29 Å². The van der Waals surface area contributed by atoms with E-state index in [1.54, 1.807) is 0 Å². The predicted octanol–water partition coefficient (Wildman–Crippen LogP) is 5.24. The Bertz CT molecular complexity index is 533. The molecule has 1 heterocycles. The van der Waals surface area contributed by atoms with Crippen LogP contribution in [0.4, 0.5) is 13.2 Å². The van der Waals surface area contributed by atoms with Crippen molar-refractivity contribution in [3.8, 4) is 0 Å². The van der Waals surface area contributed by atoms with E-state index in [1.165, 1.54) is 0 Å². The highest BCUT2D eigenvalue weighted by atomic mass is 19.4. The van der Waals surface area contributed by atoms with Gasteiger partial charge in [-0.15, -0.1) is 0 Å². The number of alkyl halides is 3. The fourth-order valence-corrected chi connectivity index (χ4v) is 3.33. The maximum absolute atomic E-state index is 13.3. The summed E-state index contributed by atoms with van der Waals surface area (Å²) in [5.74, 6) is -1.67. The van der Waals surface area contributed by atoms with Crippen molar-refractivity contribution < 1.29 is 32.5 Å². The normalized spacial score (nSPS) is 19.8. The fourth-order valence-electron chi connectivity index (χ4n) is 3.33. The van der Waals surface area contributed by atoms with Gasteiger partial charge in [0.2, 0.25) is 0 Å². The van der Waals surface area contributed by atoms with E-state index in [2.05, 4.69) is 0 Å². The molecule has 1 aliphatic rings. The summed E-state index contributed by atoms with van der Waals surface area (Å²) in [6.45, 7) is 1.23. The standard InChI is InChI=1S/C22H33F3O4/c23-22(24,25)19(17-29-21-12-6-8-14-28-21)15-20(26)11-5-2-7-13-27-16-18-9-3-1-4-10-18/h1,3-4,9-10,19-21,26H,2,5-8,11-17H2/t19-,20?,21?/m1/s1. The Hall–Kier alpha value is -1.15. The molecular weight excluding hydrogens is 385 g/mol. The first kappa shape index (κ1) is 24.1. The molecular formula is C22H33F3O4. The van der Waals surface area contributed by atoms with Crippen molar-refractivity contribution in [3.05, 3.63) is 35.9 Å². The third-order valence-corrected chi connectivity index (χ3v) is 5.08. The Kier molecular flexibility index (Phi) is 11.0. The molecule has 1 fully saturated rings. The molecule has 7 heteroatoms. The minimum Gasteiger partial charge on any atom is -0.393 e. The zero-order valence-electron chi connectivity index (χ0n) is 16.9. The van der Waals surface area contributed by atoms with Crippen molar-refractivity contribution in [2.45, 2.75) is 76.5 Å². The molecule has 4 nitrogen and oxygen atoms in total. The maximum atomic E-state index is 13.3. The number of rotatable bonds is 13. The highest BCUT2D eigenvalue weighted by Gasteiger charge is 2.41. The number of hydrogen-bond acceptors (Lipinski definition) is 4. The lowest BCUT2D eigenvalue weighted by molar-refractivity contribution is -0.226. The van der Waals surface area contributed by atoms with Gasteiger partial charge in [-0.05, 0) is 44.1 Å². The summed E-state index contributed by atoms with van der Waals surface area (Å²) in [5, 5.41) is 10.1. The number of ether oxygens (including phenoxy) is 3. The molecule has 0 saturated carbocycles. The van der Waals surface area contributed by atoms with Gasteiger partial charge in [0.05, 0.1) is 25.2 Å². The van der Waals surface area contributed by atoms with Gasteiger partial charge in [0, 0.05) is 13.2 Å². The fraction of sp³-hybridized carbons (Fsp3) is 0.727. The van der Waals surface area contributed by atoms with Gasteiger partial charge < -0.3 is 19.3 Å². The predicted molar refractivity (Wildman–Crippen MR) is 104 cm³/mol.